The van der Waals surface area contributed by atoms with Crippen LogP contribution in [0, 0.1) is 23.7 Å². The first-order chi connectivity index (χ1) is 9.09. The summed E-state index contributed by atoms with van der Waals surface area (Å²) in [5.41, 5.74) is 0.941. The van der Waals surface area contributed by atoms with Gasteiger partial charge in [0.2, 0.25) is 5.91 Å². The Hall–Kier alpha value is -1.86. The predicted octanol–water partition coefficient (Wildman–Crippen LogP) is 1.84. The van der Waals surface area contributed by atoms with Crippen molar-refractivity contribution in [2.75, 3.05) is 6.54 Å². The summed E-state index contributed by atoms with van der Waals surface area (Å²) in [6, 6.07) is 9.62. The lowest BCUT2D eigenvalue weighted by Crippen LogP contribution is -2.45. The van der Waals surface area contributed by atoms with Gasteiger partial charge in [-0.1, -0.05) is 24.3 Å². The Labute approximate surface area is 113 Å². The summed E-state index contributed by atoms with van der Waals surface area (Å²) in [6.07, 6.45) is 1.42. The molecule has 1 aliphatic carbocycles. The highest BCUT2D eigenvalue weighted by Gasteiger charge is 2.44. The summed E-state index contributed by atoms with van der Waals surface area (Å²) in [6.45, 7) is 2.07. The number of nitrogens with one attached hydrogen (secondary N) is 1. The van der Waals surface area contributed by atoms with Gasteiger partial charge in [-0.3, -0.25) is 4.79 Å². The Morgan fingerprint density at radius 3 is 2.74 bits per heavy atom. The van der Waals surface area contributed by atoms with Crippen LogP contribution >= 0.6 is 0 Å². The van der Waals surface area contributed by atoms with E-state index in [4.69, 9.17) is 5.26 Å². The Morgan fingerprint density at radius 2 is 2.21 bits per heavy atom. The summed E-state index contributed by atoms with van der Waals surface area (Å²) >= 11 is 0. The zero-order chi connectivity index (χ0) is 13.9. The molecule has 19 heavy (non-hydrogen) atoms. The first-order valence-corrected chi connectivity index (χ1v) is 6.52. The number of aliphatic hydroxyl groups is 1. The van der Waals surface area contributed by atoms with Crippen LogP contribution in [0.2, 0.25) is 0 Å². The number of rotatable bonds is 4. The van der Waals surface area contributed by atoms with Gasteiger partial charge in [-0.05, 0) is 37.3 Å². The van der Waals surface area contributed by atoms with Crippen LogP contribution in [0.4, 0.5) is 0 Å². The van der Waals surface area contributed by atoms with Crippen molar-refractivity contribution in [3.63, 3.8) is 0 Å². The van der Waals surface area contributed by atoms with Gasteiger partial charge in [0, 0.05) is 6.54 Å². The van der Waals surface area contributed by atoms with E-state index in [1.807, 2.05) is 31.2 Å². The molecule has 0 bridgehead atoms. The van der Waals surface area contributed by atoms with Gasteiger partial charge in [0.05, 0.1) is 12.2 Å². The zero-order valence-corrected chi connectivity index (χ0v) is 11.0. The molecule has 4 heteroatoms. The van der Waals surface area contributed by atoms with Crippen molar-refractivity contribution in [1.29, 1.82) is 5.26 Å². The molecule has 1 fully saturated rings. The molecule has 1 aromatic rings. The van der Waals surface area contributed by atoms with Crippen molar-refractivity contribution < 1.29 is 9.90 Å². The Morgan fingerprint density at radius 1 is 1.53 bits per heavy atom. The van der Waals surface area contributed by atoms with E-state index < -0.39 is 11.5 Å². The van der Waals surface area contributed by atoms with E-state index in [0.29, 0.717) is 12.8 Å². The van der Waals surface area contributed by atoms with Crippen molar-refractivity contribution in [1.82, 2.24) is 5.32 Å². The minimum atomic E-state index is -0.856. The normalized spacial score (nSPS) is 17.9. The summed E-state index contributed by atoms with van der Waals surface area (Å²) in [5.74, 6) is -0.256. The van der Waals surface area contributed by atoms with Crippen LogP contribution in [0.1, 0.15) is 36.5 Å². The van der Waals surface area contributed by atoms with E-state index in [2.05, 4.69) is 11.4 Å². The van der Waals surface area contributed by atoms with Crippen LogP contribution < -0.4 is 5.32 Å². The molecule has 0 aromatic heterocycles. The Kier molecular flexibility index (Phi) is 3.87. The second kappa shape index (κ2) is 5.41. The average molecular weight is 258 g/mol. The molecule has 1 aromatic carbocycles. The smallest absolute Gasteiger partial charge is 0.240 e. The minimum absolute atomic E-state index is 0.146. The number of nitriles is 1. The molecule has 1 aliphatic rings. The molecule has 4 nitrogen and oxygen atoms in total. The number of carbonyl (C=O) groups excluding carboxylic acids is 1. The first-order valence-electron chi connectivity index (χ1n) is 6.52. The molecule has 0 aliphatic heterocycles. The average Bonchev–Trinajstić information content (AvgIpc) is 2.36. The van der Waals surface area contributed by atoms with E-state index in [1.54, 1.807) is 0 Å². The largest absolute Gasteiger partial charge is 0.387 e. The lowest BCUT2D eigenvalue weighted by Gasteiger charge is -2.33. The zero-order valence-electron chi connectivity index (χ0n) is 11.0. The van der Waals surface area contributed by atoms with Crippen molar-refractivity contribution in [3.8, 4) is 6.07 Å². The number of amides is 1. The number of hydrogen-bond donors (Lipinski definition) is 2. The molecule has 1 unspecified atom stereocenters. The van der Waals surface area contributed by atoms with E-state index in [1.165, 1.54) is 0 Å². The third kappa shape index (κ3) is 2.61. The molecule has 1 atom stereocenters. The number of nitrogens with zero attached hydrogens (tertiary/aromatic N) is 1. The highest BCUT2D eigenvalue weighted by atomic mass is 16.3. The first kappa shape index (κ1) is 13.6. The van der Waals surface area contributed by atoms with Gasteiger partial charge < -0.3 is 10.4 Å². The maximum atomic E-state index is 12.0. The highest BCUT2D eigenvalue weighted by Crippen LogP contribution is 2.40. The van der Waals surface area contributed by atoms with Gasteiger partial charge >= 0.3 is 0 Å². The molecule has 1 saturated carbocycles. The van der Waals surface area contributed by atoms with Crippen molar-refractivity contribution >= 4 is 5.91 Å². The molecule has 0 spiro atoms. The SMILES string of the molecule is Cc1ccccc1C(O)CNC(=O)C1(C#N)CCC1. The lowest BCUT2D eigenvalue weighted by atomic mass is 9.69. The highest BCUT2D eigenvalue weighted by molar-refractivity contribution is 5.86. The predicted molar refractivity (Wildman–Crippen MR) is 71.0 cm³/mol. The second-order valence-electron chi connectivity index (χ2n) is 5.13. The maximum Gasteiger partial charge on any atom is 0.240 e. The molecule has 0 heterocycles. The van der Waals surface area contributed by atoms with Crippen LogP contribution in [0.3, 0.4) is 0 Å². The Balaban J connectivity index is 1.94. The molecular formula is C15H18N2O2. The van der Waals surface area contributed by atoms with E-state index in [-0.39, 0.29) is 12.5 Å². The van der Waals surface area contributed by atoms with Gasteiger partial charge in [0.1, 0.15) is 5.41 Å². The van der Waals surface area contributed by atoms with Crippen LogP contribution in [-0.4, -0.2) is 17.6 Å². The standard InChI is InChI=1S/C15H18N2O2/c1-11-5-2-3-6-12(11)13(18)9-17-14(19)15(10-16)7-4-8-15/h2-3,5-6,13,18H,4,7-9H2,1H3,(H,17,19). The fraction of sp³-hybridized carbons (Fsp3) is 0.467. The monoisotopic (exact) mass is 258 g/mol. The third-order valence-corrected chi connectivity index (χ3v) is 3.86. The van der Waals surface area contributed by atoms with Gasteiger partial charge in [-0.15, -0.1) is 0 Å². The molecule has 0 saturated heterocycles. The molecular weight excluding hydrogens is 240 g/mol. The summed E-state index contributed by atoms with van der Waals surface area (Å²) in [5, 5.41) is 21.8. The summed E-state index contributed by atoms with van der Waals surface area (Å²) in [4.78, 5) is 12.0. The number of aliphatic hydroxyl groups excluding tert-OH is 1. The van der Waals surface area contributed by atoms with Gasteiger partial charge in [-0.2, -0.15) is 5.26 Å². The number of benzene rings is 1. The van der Waals surface area contributed by atoms with Crippen LogP contribution in [-0.2, 0) is 4.79 Å². The van der Waals surface area contributed by atoms with Crippen molar-refractivity contribution in [3.05, 3.63) is 35.4 Å². The van der Waals surface area contributed by atoms with E-state index >= 15 is 0 Å². The van der Waals surface area contributed by atoms with Crippen LogP contribution in [0.15, 0.2) is 24.3 Å². The minimum Gasteiger partial charge on any atom is -0.387 e. The Bertz CT molecular complexity index is 515. The number of aryl methyl sites for hydroxylation is 1. The molecule has 0 radical (unpaired) electrons. The quantitative estimate of drug-likeness (QED) is 0.865. The van der Waals surface area contributed by atoms with Crippen LogP contribution in [0.25, 0.3) is 0 Å². The lowest BCUT2D eigenvalue weighted by molar-refractivity contribution is -0.132. The summed E-state index contributed by atoms with van der Waals surface area (Å²) in [7, 11) is 0. The van der Waals surface area contributed by atoms with E-state index in [9.17, 15) is 9.90 Å². The molecule has 100 valence electrons. The van der Waals surface area contributed by atoms with Gasteiger partial charge in [-0.25, -0.2) is 0 Å². The maximum absolute atomic E-state index is 12.0. The second-order valence-corrected chi connectivity index (χ2v) is 5.13. The van der Waals surface area contributed by atoms with Crippen molar-refractivity contribution in [2.45, 2.75) is 32.3 Å². The topological polar surface area (TPSA) is 73.1 Å². The summed E-state index contributed by atoms with van der Waals surface area (Å²) < 4.78 is 0. The fourth-order valence-electron chi connectivity index (χ4n) is 2.35. The number of carbonyl (C=O) groups is 1. The number of hydrogen-bond acceptors (Lipinski definition) is 3. The third-order valence-electron chi connectivity index (χ3n) is 3.86. The van der Waals surface area contributed by atoms with E-state index in [0.717, 1.165) is 17.5 Å². The van der Waals surface area contributed by atoms with Gasteiger partial charge in [0.15, 0.2) is 0 Å². The fourth-order valence-corrected chi connectivity index (χ4v) is 2.35. The van der Waals surface area contributed by atoms with Crippen molar-refractivity contribution in [2.24, 2.45) is 5.41 Å². The van der Waals surface area contributed by atoms with Crippen LogP contribution in [0.5, 0.6) is 0 Å². The molecule has 2 N–H and O–H groups in total. The molecule has 1 amide bonds. The van der Waals surface area contributed by atoms with Gasteiger partial charge in [0.25, 0.3) is 0 Å². The molecule has 2 rings (SSSR count).